The highest BCUT2D eigenvalue weighted by atomic mass is 32.1. The second-order valence-electron chi connectivity index (χ2n) is 7.19. The van der Waals surface area contributed by atoms with Gasteiger partial charge in [-0.25, -0.2) is 4.98 Å². The molecule has 0 unspecified atom stereocenters. The second kappa shape index (κ2) is 9.26. The van der Waals surface area contributed by atoms with Crippen LogP contribution in [-0.2, 0) is 13.0 Å². The SMILES string of the molecule is CCCN(Cc1nnc(-c2ccco2)o1)C(=O)c1sc(-c2ccc(CC)cc2)nc1C. The lowest BCUT2D eigenvalue weighted by atomic mass is 10.1. The predicted octanol–water partition coefficient (Wildman–Crippen LogP) is 5.38. The highest BCUT2D eigenvalue weighted by Crippen LogP contribution is 2.29. The van der Waals surface area contributed by atoms with Crippen molar-refractivity contribution >= 4 is 17.2 Å². The van der Waals surface area contributed by atoms with E-state index < -0.39 is 0 Å². The molecule has 0 bridgehead atoms. The van der Waals surface area contributed by atoms with Gasteiger partial charge in [-0.2, -0.15) is 0 Å². The van der Waals surface area contributed by atoms with Gasteiger partial charge in [-0.05, 0) is 37.5 Å². The van der Waals surface area contributed by atoms with Gasteiger partial charge >= 0.3 is 0 Å². The maximum absolute atomic E-state index is 13.3. The Morgan fingerprint density at radius 1 is 1.13 bits per heavy atom. The van der Waals surface area contributed by atoms with Gasteiger partial charge < -0.3 is 13.7 Å². The molecular weight excluding hydrogens is 412 g/mol. The normalized spacial score (nSPS) is 11.1. The summed E-state index contributed by atoms with van der Waals surface area (Å²) in [5.41, 5.74) is 3.02. The molecule has 8 heteroatoms. The van der Waals surface area contributed by atoms with Crippen molar-refractivity contribution in [1.82, 2.24) is 20.1 Å². The number of carbonyl (C=O) groups is 1. The fourth-order valence-electron chi connectivity index (χ4n) is 3.25. The van der Waals surface area contributed by atoms with Gasteiger partial charge in [-0.15, -0.1) is 21.5 Å². The van der Waals surface area contributed by atoms with Crippen molar-refractivity contribution in [1.29, 1.82) is 0 Å². The number of furan rings is 1. The summed E-state index contributed by atoms with van der Waals surface area (Å²) in [6.45, 7) is 6.85. The minimum atomic E-state index is -0.0778. The lowest BCUT2D eigenvalue weighted by Gasteiger charge is -2.19. The molecule has 0 fully saturated rings. The average Bonchev–Trinajstić information content (AvgIpc) is 3.54. The van der Waals surface area contributed by atoms with E-state index in [4.69, 9.17) is 8.83 Å². The quantitative estimate of drug-likeness (QED) is 0.369. The van der Waals surface area contributed by atoms with Crippen LogP contribution in [0.15, 0.2) is 51.5 Å². The average molecular weight is 437 g/mol. The van der Waals surface area contributed by atoms with Crippen LogP contribution in [0.5, 0.6) is 0 Å². The number of rotatable bonds is 8. The molecule has 1 aromatic carbocycles. The smallest absolute Gasteiger partial charge is 0.283 e. The highest BCUT2D eigenvalue weighted by Gasteiger charge is 2.24. The van der Waals surface area contributed by atoms with Gasteiger partial charge in [0, 0.05) is 12.1 Å². The predicted molar refractivity (Wildman–Crippen MR) is 119 cm³/mol. The van der Waals surface area contributed by atoms with Crippen LogP contribution >= 0.6 is 11.3 Å². The largest absolute Gasteiger partial charge is 0.459 e. The molecule has 4 rings (SSSR count). The summed E-state index contributed by atoms with van der Waals surface area (Å²) in [6, 6.07) is 11.8. The molecule has 31 heavy (non-hydrogen) atoms. The van der Waals surface area contributed by atoms with Gasteiger partial charge in [0.05, 0.1) is 18.5 Å². The van der Waals surface area contributed by atoms with E-state index >= 15 is 0 Å². The Kier molecular flexibility index (Phi) is 6.27. The molecule has 3 heterocycles. The Labute approximate surface area is 184 Å². The van der Waals surface area contributed by atoms with Crippen LogP contribution in [0, 0.1) is 6.92 Å². The van der Waals surface area contributed by atoms with E-state index in [1.54, 1.807) is 23.3 Å². The monoisotopic (exact) mass is 436 g/mol. The Morgan fingerprint density at radius 3 is 2.61 bits per heavy atom. The second-order valence-corrected chi connectivity index (χ2v) is 8.19. The maximum Gasteiger partial charge on any atom is 0.283 e. The summed E-state index contributed by atoms with van der Waals surface area (Å²) in [7, 11) is 0. The van der Waals surface area contributed by atoms with E-state index in [0.717, 1.165) is 29.1 Å². The third-order valence-corrected chi connectivity index (χ3v) is 6.10. The first-order valence-corrected chi connectivity index (χ1v) is 11.1. The zero-order chi connectivity index (χ0) is 21.8. The summed E-state index contributed by atoms with van der Waals surface area (Å²) >= 11 is 1.42. The minimum Gasteiger partial charge on any atom is -0.459 e. The first-order chi connectivity index (χ1) is 15.1. The summed E-state index contributed by atoms with van der Waals surface area (Å²) in [4.78, 5) is 20.3. The lowest BCUT2D eigenvalue weighted by molar-refractivity contribution is 0.0732. The Hall–Kier alpha value is -3.26. The number of nitrogens with zero attached hydrogens (tertiary/aromatic N) is 4. The van der Waals surface area contributed by atoms with E-state index in [9.17, 15) is 4.79 Å². The summed E-state index contributed by atoms with van der Waals surface area (Å²) in [6.07, 6.45) is 3.35. The molecular formula is C23H24N4O3S. The number of aryl methyl sites for hydroxylation is 2. The van der Waals surface area contributed by atoms with E-state index in [1.807, 2.05) is 13.8 Å². The van der Waals surface area contributed by atoms with Gasteiger partial charge in [0.15, 0.2) is 5.76 Å². The summed E-state index contributed by atoms with van der Waals surface area (Å²) in [5.74, 6) is 1.09. The molecule has 0 saturated heterocycles. The number of carbonyl (C=O) groups excluding carboxylic acids is 1. The highest BCUT2D eigenvalue weighted by molar-refractivity contribution is 7.17. The molecule has 0 aliphatic heterocycles. The van der Waals surface area contributed by atoms with Crippen molar-refractivity contribution in [2.24, 2.45) is 0 Å². The molecule has 7 nitrogen and oxygen atoms in total. The zero-order valence-electron chi connectivity index (χ0n) is 17.8. The first kappa shape index (κ1) is 21.0. The van der Waals surface area contributed by atoms with Gasteiger partial charge in [0.25, 0.3) is 11.8 Å². The van der Waals surface area contributed by atoms with Crippen LogP contribution in [0.2, 0.25) is 0 Å². The van der Waals surface area contributed by atoms with Gasteiger partial charge in [0.1, 0.15) is 9.88 Å². The Balaban J connectivity index is 1.55. The van der Waals surface area contributed by atoms with Crippen LogP contribution < -0.4 is 0 Å². The molecule has 0 aliphatic carbocycles. The Morgan fingerprint density at radius 2 is 1.94 bits per heavy atom. The number of benzene rings is 1. The zero-order valence-corrected chi connectivity index (χ0v) is 18.6. The third-order valence-electron chi connectivity index (χ3n) is 4.91. The van der Waals surface area contributed by atoms with Crippen LogP contribution in [0.4, 0.5) is 0 Å². The van der Waals surface area contributed by atoms with Gasteiger partial charge in [0.2, 0.25) is 5.89 Å². The fraction of sp³-hybridized carbons (Fsp3) is 0.304. The fourth-order valence-corrected chi connectivity index (χ4v) is 4.29. The summed E-state index contributed by atoms with van der Waals surface area (Å²) < 4.78 is 11.0. The summed E-state index contributed by atoms with van der Waals surface area (Å²) in [5, 5.41) is 8.95. The van der Waals surface area contributed by atoms with Crippen molar-refractivity contribution in [3.63, 3.8) is 0 Å². The van der Waals surface area contributed by atoms with Crippen LogP contribution in [0.3, 0.4) is 0 Å². The number of aromatic nitrogens is 3. The number of amides is 1. The number of hydrogen-bond donors (Lipinski definition) is 0. The van der Waals surface area contributed by atoms with Crippen molar-refractivity contribution in [3.05, 3.63) is 64.7 Å². The van der Waals surface area contributed by atoms with Crippen molar-refractivity contribution in [2.45, 2.75) is 40.2 Å². The molecule has 0 aliphatic rings. The van der Waals surface area contributed by atoms with Gasteiger partial charge in [-0.3, -0.25) is 4.79 Å². The first-order valence-electron chi connectivity index (χ1n) is 10.3. The molecule has 0 N–H and O–H groups in total. The molecule has 0 radical (unpaired) electrons. The van der Waals surface area contributed by atoms with Crippen LogP contribution in [0.25, 0.3) is 22.2 Å². The molecule has 0 saturated carbocycles. The van der Waals surface area contributed by atoms with E-state index in [0.29, 0.717) is 29.0 Å². The third kappa shape index (κ3) is 4.59. The van der Waals surface area contributed by atoms with E-state index in [2.05, 4.69) is 46.4 Å². The molecule has 160 valence electrons. The topological polar surface area (TPSA) is 85.3 Å². The van der Waals surface area contributed by atoms with Crippen LogP contribution in [0.1, 0.15) is 47.1 Å². The van der Waals surface area contributed by atoms with Crippen LogP contribution in [-0.4, -0.2) is 32.5 Å². The molecule has 0 atom stereocenters. The standard InChI is InChI=1S/C23H24N4O3S/c1-4-12-27(14-19-25-26-21(30-19)18-7-6-13-29-18)23(28)20-15(3)24-22(31-20)17-10-8-16(5-2)9-11-17/h6-11,13H,4-5,12,14H2,1-3H3. The van der Waals surface area contributed by atoms with E-state index in [1.165, 1.54) is 16.9 Å². The van der Waals surface area contributed by atoms with E-state index in [-0.39, 0.29) is 12.5 Å². The van der Waals surface area contributed by atoms with Crippen molar-refractivity contribution < 1.29 is 13.6 Å². The lowest BCUT2D eigenvalue weighted by Crippen LogP contribution is -2.31. The van der Waals surface area contributed by atoms with Crippen molar-refractivity contribution in [3.8, 4) is 22.2 Å². The minimum absolute atomic E-state index is 0.0778. The molecule has 1 amide bonds. The molecule has 4 aromatic rings. The van der Waals surface area contributed by atoms with Gasteiger partial charge in [-0.1, -0.05) is 38.1 Å². The Bertz CT molecular complexity index is 1150. The number of thiazole rings is 1. The maximum atomic E-state index is 13.3. The van der Waals surface area contributed by atoms with Crippen molar-refractivity contribution in [2.75, 3.05) is 6.54 Å². The molecule has 0 spiro atoms. The number of hydrogen-bond acceptors (Lipinski definition) is 7. The molecule has 3 aromatic heterocycles.